The summed E-state index contributed by atoms with van der Waals surface area (Å²) < 4.78 is 31.8. The van der Waals surface area contributed by atoms with Gasteiger partial charge in [0.15, 0.2) is 0 Å². The number of carbonyl (C=O) groups is 1. The van der Waals surface area contributed by atoms with Crippen LogP contribution in [-0.4, -0.2) is 52.0 Å². The lowest BCUT2D eigenvalue weighted by Crippen LogP contribution is -2.38. The van der Waals surface area contributed by atoms with E-state index in [1.165, 1.54) is 7.11 Å². The van der Waals surface area contributed by atoms with Crippen molar-refractivity contribution < 1.29 is 17.9 Å². The van der Waals surface area contributed by atoms with E-state index in [9.17, 15) is 13.2 Å². The molecule has 0 spiro atoms. The van der Waals surface area contributed by atoms with Crippen LogP contribution < -0.4 is 4.90 Å². The van der Waals surface area contributed by atoms with E-state index in [0.717, 1.165) is 36.9 Å². The molecule has 0 bridgehead atoms. The van der Waals surface area contributed by atoms with Gasteiger partial charge in [-0.1, -0.05) is 0 Å². The zero-order valence-corrected chi connectivity index (χ0v) is 14.1. The van der Waals surface area contributed by atoms with Crippen molar-refractivity contribution >= 4 is 21.6 Å². The Labute approximate surface area is 137 Å². The minimum Gasteiger partial charge on any atom is -0.375 e. The second kappa shape index (κ2) is 6.59. The summed E-state index contributed by atoms with van der Waals surface area (Å²) >= 11 is 0. The van der Waals surface area contributed by atoms with E-state index in [2.05, 4.69) is 0 Å². The van der Waals surface area contributed by atoms with Gasteiger partial charge in [0.25, 0.3) is 5.91 Å². The normalized spacial score (nSPS) is 18.9. The lowest BCUT2D eigenvalue weighted by molar-refractivity contribution is -0.122. The molecule has 0 N–H and O–H groups in total. The largest absolute Gasteiger partial charge is 0.375 e. The van der Waals surface area contributed by atoms with Gasteiger partial charge in [0.2, 0.25) is 10.0 Å². The molecule has 0 aromatic heterocycles. The number of anilines is 1. The van der Waals surface area contributed by atoms with Gasteiger partial charge < -0.3 is 9.64 Å². The molecule has 0 aliphatic carbocycles. The number of hydrogen-bond acceptors (Lipinski definition) is 4. The smallest absolute Gasteiger partial charge is 0.252 e. The molecule has 3 rings (SSSR count). The van der Waals surface area contributed by atoms with Crippen molar-refractivity contribution in [2.45, 2.75) is 30.6 Å². The van der Waals surface area contributed by atoms with Crippen molar-refractivity contribution in [2.75, 3.05) is 38.3 Å². The van der Waals surface area contributed by atoms with Crippen molar-refractivity contribution in [3.63, 3.8) is 0 Å². The number of ether oxygens (including phenoxy) is 1. The standard InChI is InChI=1S/C16H22N2O4S/c1-22-12-16(19)18-10-4-5-13-11-14(6-7-15(13)18)23(20,21)17-8-2-3-9-17/h6-7,11H,2-5,8-10,12H2,1H3. The van der Waals surface area contributed by atoms with Crippen LogP contribution in [0.15, 0.2) is 23.1 Å². The molecular formula is C16H22N2O4S. The minimum atomic E-state index is -3.41. The predicted octanol–water partition coefficient (Wildman–Crippen LogP) is 1.40. The second-order valence-electron chi connectivity index (χ2n) is 5.98. The Morgan fingerprint density at radius 2 is 1.91 bits per heavy atom. The number of benzene rings is 1. The van der Waals surface area contributed by atoms with E-state index in [4.69, 9.17) is 4.74 Å². The monoisotopic (exact) mass is 338 g/mol. The third-order valence-corrected chi connectivity index (χ3v) is 6.34. The van der Waals surface area contributed by atoms with Crippen LogP contribution in [0, 0.1) is 0 Å². The van der Waals surface area contributed by atoms with Gasteiger partial charge in [-0.15, -0.1) is 0 Å². The Hall–Kier alpha value is -1.44. The van der Waals surface area contributed by atoms with Crippen LogP contribution in [0.5, 0.6) is 0 Å². The first-order chi connectivity index (χ1) is 11.0. The molecule has 1 saturated heterocycles. The van der Waals surface area contributed by atoms with E-state index >= 15 is 0 Å². The molecule has 0 radical (unpaired) electrons. The molecule has 0 atom stereocenters. The highest BCUT2D eigenvalue weighted by Gasteiger charge is 2.29. The maximum Gasteiger partial charge on any atom is 0.252 e. The maximum atomic E-state index is 12.7. The Kier molecular flexibility index (Phi) is 4.70. The average Bonchev–Trinajstić information content (AvgIpc) is 3.09. The van der Waals surface area contributed by atoms with Crippen molar-refractivity contribution in [3.8, 4) is 0 Å². The van der Waals surface area contributed by atoms with E-state index in [0.29, 0.717) is 24.5 Å². The van der Waals surface area contributed by atoms with Gasteiger partial charge in [-0.05, 0) is 49.4 Å². The maximum absolute atomic E-state index is 12.7. The van der Waals surface area contributed by atoms with E-state index in [1.807, 2.05) is 0 Å². The third kappa shape index (κ3) is 3.13. The Bertz CT molecular complexity index is 696. The summed E-state index contributed by atoms with van der Waals surface area (Å²) in [5.41, 5.74) is 1.72. The minimum absolute atomic E-state index is 0.0350. The number of carbonyl (C=O) groups excluding carboxylic acids is 1. The van der Waals surface area contributed by atoms with Gasteiger partial charge >= 0.3 is 0 Å². The van der Waals surface area contributed by atoms with E-state index in [1.54, 1.807) is 27.4 Å². The molecular weight excluding hydrogens is 316 g/mol. The average molecular weight is 338 g/mol. The fourth-order valence-corrected chi connectivity index (χ4v) is 4.84. The summed E-state index contributed by atoms with van der Waals surface area (Å²) in [4.78, 5) is 14.1. The zero-order chi connectivity index (χ0) is 16.4. The molecule has 0 saturated carbocycles. The number of sulfonamides is 1. The van der Waals surface area contributed by atoms with Gasteiger partial charge in [-0.3, -0.25) is 4.79 Å². The molecule has 6 nitrogen and oxygen atoms in total. The molecule has 1 amide bonds. The number of fused-ring (bicyclic) bond motifs is 1. The molecule has 1 aromatic carbocycles. The molecule has 23 heavy (non-hydrogen) atoms. The van der Waals surface area contributed by atoms with Gasteiger partial charge in [0, 0.05) is 32.4 Å². The summed E-state index contributed by atoms with van der Waals surface area (Å²) in [5, 5.41) is 0. The first kappa shape index (κ1) is 16.4. The molecule has 0 unspecified atom stereocenters. The quantitative estimate of drug-likeness (QED) is 0.832. The highest BCUT2D eigenvalue weighted by atomic mass is 32.2. The summed E-state index contributed by atoms with van der Waals surface area (Å²) in [7, 11) is -1.92. The fourth-order valence-electron chi connectivity index (χ4n) is 3.27. The number of aryl methyl sites for hydroxylation is 1. The molecule has 2 heterocycles. The zero-order valence-electron chi connectivity index (χ0n) is 13.3. The molecule has 2 aliphatic heterocycles. The van der Waals surface area contributed by atoms with Gasteiger partial charge in [0.05, 0.1) is 4.90 Å². The predicted molar refractivity (Wildman–Crippen MR) is 87.0 cm³/mol. The SMILES string of the molecule is COCC(=O)N1CCCc2cc(S(=O)(=O)N3CCCC3)ccc21. The summed E-state index contributed by atoms with van der Waals surface area (Å²) in [6.45, 7) is 1.87. The lowest BCUT2D eigenvalue weighted by Gasteiger charge is -2.30. The van der Waals surface area contributed by atoms with Gasteiger partial charge in [-0.25, -0.2) is 8.42 Å². The van der Waals surface area contributed by atoms with Crippen LogP contribution in [-0.2, 0) is 26.0 Å². The Balaban J connectivity index is 1.91. The van der Waals surface area contributed by atoms with Crippen molar-refractivity contribution in [3.05, 3.63) is 23.8 Å². The number of rotatable bonds is 4. The Morgan fingerprint density at radius 1 is 1.17 bits per heavy atom. The van der Waals surface area contributed by atoms with Crippen molar-refractivity contribution in [1.82, 2.24) is 4.31 Å². The van der Waals surface area contributed by atoms with Gasteiger partial charge in [0.1, 0.15) is 6.61 Å². The molecule has 1 fully saturated rings. The summed E-state index contributed by atoms with van der Waals surface area (Å²) in [6, 6.07) is 5.10. The van der Waals surface area contributed by atoms with Crippen LogP contribution in [0.2, 0.25) is 0 Å². The van der Waals surface area contributed by atoms with Gasteiger partial charge in [-0.2, -0.15) is 4.31 Å². The highest BCUT2D eigenvalue weighted by Crippen LogP contribution is 2.31. The molecule has 2 aliphatic rings. The number of amides is 1. The fraction of sp³-hybridized carbons (Fsp3) is 0.562. The van der Waals surface area contributed by atoms with Crippen LogP contribution in [0.3, 0.4) is 0 Å². The number of nitrogens with zero attached hydrogens (tertiary/aromatic N) is 2. The summed E-state index contributed by atoms with van der Waals surface area (Å²) in [6.07, 6.45) is 3.46. The first-order valence-corrected chi connectivity index (χ1v) is 9.40. The second-order valence-corrected chi connectivity index (χ2v) is 7.92. The Morgan fingerprint density at radius 3 is 2.61 bits per heavy atom. The van der Waals surface area contributed by atoms with Crippen LogP contribution >= 0.6 is 0 Å². The van der Waals surface area contributed by atoms with E-state index in [-0.39, 0.29) is 12.5 Å². The molecule has 126 valence electrons. The molecule has 1 aromatic rings. The number of methoxy groups -OCH3 is 1. The van der Waals surface area contributed by atoms with Crippen molar-refractivity contribution in [1.29, 1.82) is 0 Å². The number of hydrogen-bond donors (Lipinski definition) is 0. The van der Waals surface area contributed by atoms with E-state index < -0.39 is 10.0 Å². The lowest BCUT2D eigenvalue weighted by atomic mass is 10.0. The topological polar surface area (TPSA) is 66.9 Å². The highest BCUT2D eigenvalue weighted by molar-refractivity contribution is 7.89. The molecule has 7 heteroatoms. The van der Waals surface area contributed by atoms with Crippen LogP contribution in [0.25, 0.3) is 0 Å². The summed E-state index contributed by atoms with van der Waals surface area (Å²) in [5.74, 6) is -0.0939. The van der Waals surface area contributed by atoms with Crippen molar-refractivity contribution in [2.24, 2.45) is 0 Å². The van der Waals surface area contributed by atoms with Crippen LogP contribution in [0.1, 0.15) is 24.8 Å². The first-order valence-electron chi connectivity index (χ1n) is 7.96. The van der Waals surface area contributed by atoms with Crippen LogP contribution in [0.4, 0.5) is 5.69 Å². The third-order valence-electron chi connectivity index (χ3n) is 4.44.